The maximum absolute atomic E-state index is 12.5. The zero-order valence-corrected chi connectivity index (χ0v) is 14.7. The SMILES string of the molecule is O=c1onc(-c2cc3ccccc3nc2Cl)n1-c1cccc2ccccc12. The minimum atomic E-state index is -0.578. The van der Waals surface area contributed by atoms with E-state index in [1.54, 1.807) is 0 Å². The summed E-state index contributed by atoms with van der Waals surface area (Å²) in [5, 5.41) is 7.07. The van der Waals surface area contributed by atoms with E-state index in [4.69, 9.17) is 16.1 Å². The molecular weight excluding hydrogens is 362 g/mol. The summed E-state index contributed by atoms with van der Waals surface area (Å²) < 4.78 is 6.42. The first-order chi connectivity index (χ1) is 13.2. The third-order valence-electron chi connectivity index (χ3n) is 4.53. The van der Waals surface area contributed by atoms with Crippen molar-refractivity contribution in [2.75, 3.05) is 0 Å². The van der Waals surface area contributed by atoms with E-state index in [2.05, 4.69) is 10.1 Å². The van der Waals surface area contributed by atoms with Crippen LogP contribution in [0.3, 0.4) is 0 Å². The minimum absolute atomic E-state index is 0.260. The zero-order valence-electron chi connectivity index (χ0n) is 14.0. The second-order valence-electron chi connectivity index (χ2n) is 6.13. The summed E-state index contributed by atoms with van der Waals surface area (Å²) in [4.78, 5) is 16.9. The van der Waals surface area contributed by atoms with Gasteiger partial charge in [-0.15, -0.1) is 0 Å². The lowest BCUT2D eigenvalue weighted by molar-refractivity contribution is 0.384. The molecule has 3 aromatic carbocycles. The Kier molecular flexibility index (Phi) is 3.55. The Labute approximate surface area is 158 Å². The van der Waals surface area contributed by atoms with E-state index in [1.807, 2.05) is 72.8 Å². The van der Waals surface area contributed by atoms with Gasteiger partial charge in [0, 0.05) is 10.8 Å². The van der Waals surface area contributed by atoms with Crippen LogP contribution >= 0.6 is 11.6 Å². The highest BCUT2D eigenvalue weighted by Gasteiger charge is 2.20. The van der Waals surface area contributed by atoms with Gasteiger partial charge < -0.3 is 0 Å². The Morgan fingerprint density at radius 2 is 1.63 bits per heavy atom. The first-order valence-corrected chi connectivity index (χ1v) is 8.73. The molecule has 5 rings (SSSR count). The molecule has 5 nitrogen and oxygen atoms in total. The van der Waals surface area contributed by atoms with Gasteiger partial charge in [0.15, 0.2) is 5.82 Å². The number of para-hydroxylation sites is 1. The van der Waals surface area contributed by atoms with Crippen molar-refractivity contribution >= 4 is 33.3 Å². The van der Waals surface area contributed by atoms with Gasteiger partial charge in [-0.05, 0) is 23.6 Å². The van der Waals surface area contributed by atoms with Crippen molar-refractivity contribution in [2.45, 2.75) is 0 Å². The summed E-state index contributed by atoms with van der Waals surface area (Å²) in [7, 11) is 0. The molecular formula is C21H12ClN3O2. The molecule has 0 atom stereocenters. The largest absolute Gasteiger partial charge is 0.446 e. The van der Waals surface area contributed by atoms with Crippen LogP contribution in [0.25, 0.3) is 38.8 Å². The molecule has 2 heterocycles. The molecule has 0 spiro atoms. The fourth-order valence-electron chi connectivity index (χ4n) is 3.29. The highest BCUT2D eigenvalue weighted by atomic mass is 35.5. The number of benzene rings is 3. The minimum Gasteiger partial charge on any atom is -0.295 e. The Balaban J connectivity index is 1.82. The number of fused-ring (bicyclic) bond motifs is 2. The van der Waals surface area contributed by atoms with E-state index in [9.17, 15) is 4.79 Å². The van der Waals surface area contributed by atoms with Gasteiger partial charge in [-0.1, -0.05) is 71.4 Å². The van der Waals surface area contributed by atoms with Crippen molar-refractivity contribution in [1.82, 2.24) is 14.7 Å². The second-order valence-corrected chi connectivity index (χ2v) is 6.48. The lowest BCUT2D eigenvalue weighted by atomic mass is 10.1. The number of hydrogen-bond acceptors (Lipinski definition) is 4. The number of halogens is 1. The standard InChI is InChI=1S/C21H12ClN3O2/c22-19-16(12-14-7-2-4-10-17(14)23-19)20-24-27-21(26)25(20)18-11-5-8-13-6-1-3-9-15(13)18/h1-12H. The predicted octanol–water partition coefficient (Wildman–Crippen LogP) is 4.85. The van der Waals surface area contributed by atoms with Gasteiger partial charge in [0.05, 0.1) is 16.8 Å². The first-order valence-electron chi connectivity index (χ1n) is 8.35. The molecule has 0 amide bonds. The molecule has 0 N–H and O–H groups in total. The lowest BCUT2D eigenvalue weighted by Crippen LogP contribution is -2.13. The van der Waals surface area contributed by atoms with E-state index in [1.165, 1.54) is 4.57 Å². The van der Waals surface area contributed by atoms with Crippen LogP contribution in [-0.4, -0.2) is 14.7 Å². The summed E-state index contributed by atoms with van der Waals surface area (Å²) in [6.07, 6.45) is 0. The van der Waals surface area contributed by atoms with E-state index < -0.39 is 5.76 Å². The molecule has 0 unspecified atom stereocenters. The maximum atomic E-state index is 12.5. The normalized spacial score (nSPS) is 11.3. The maximum Gasteiger partial charge on any atom is 0.446 e. The van der Waals surface area contributed by atoms with Gasteiger partial charge >= 0.3 is 5.76 Å². The van der Waals surface area contributed by atoms with Crippen molar-refractivity contribution in [3.63, 3.8) is 0 Å². The second kappa shape index (κ2) is 6.07. The summed E-state index contributed by atoms with van der Waals surface area (Å²) in [6, 6.07) is 23.0. The van der Waals surface area contributed by atoms with Crippen LogP contribution in [0.5, 0.6) is 0 Å². The average Bonchev–Trinajstić information content (AvgIpc) is 3.08. The Hall–Kier alpha value is -3.44. The molecule has 130 valence electrons. The van der Waals surface area contributed by atoms with Crippen LogP contribution in [0.4, 0.5) is 0 Å². The Morgan fingerprint density at radius 3 is 2.52 bits per heavy atom. The van der Waals surface area contributed by atoms with Gasteiger partial charge in [0.2, 0.25) is 0 Å². The number of hydrogen-bond donors (Lipinski definition) is 0. The molecule has 0 aliphatic rings. The predicted molar refractivity (Wildman–Crippen MR) is 105 cm³/mol. The molecule has 5 aromatic rings. The topological polar surface area (TPSA) is 60.9 Å². The van der Waals surface area contributed by atoms with E-state index in [0.717, 1.165) is 21.7 Å². The van der Waals surface area contributed by atoms with Crippen LogP contribution in [0.15, 0.2) is 82.1 Å². The Morgan fingerprint density at radius 1 is 0.889 bits per heavy atom. The number of pyridine rings is 1. The molecule has 0 saturated heterocycles. The molecule has 6 heteroatoms. The molecule has 0 radical (unpaired) electrons. The molecule has 2 aromatic heterocycles. The van der Waals surface area contributed by atoms with Crippen molar-refractivity contribution < 1.29 is 4.52 Å². The highest BCUT2D eigenvalue weighted by Crippen LogP contribution is 2.31. The van der Waals surface area contributed by atoms with Crippen molar-refractivity contribution in [2.24, 2.45) is 0 Å². The van der Waals surface area contributed by atoms with Crippen LogP contribution in [0.1, 0.15) is 0 Å². The van der Waals surface area contributed by atoms with E-state index >= 15 is 0 Å². The van der Waals surface area contributed by atoms with Crippen molar-refractivity contribution in [3.05, 3.63) is 88.5 Å². The van der Waals surface area contributed by atoms with Gasteiger partial charge in [0.1, 0.15) is 5.15 Å². The third kappa shape index (κ3) is 2.52. The zero-order chi connectivity index (χ0) is 18.4. The molecule has 0 bridgehead atoms. The van der Waals surface area contributed by atoms with Crippen molar-refractivity contribution in [3.8, 4) is 17.1 Å². The smallest absolute Gasteiger partial charge is 0.295 e. The molecule has 0 aliphatic heterocycles. The van der Waals surface area contributed by atoms with Crippen LogP contribution < -0.4 is 5.76 Å². The fraction of sp³-hybridized carbons (Fsp3) is 0. The summed E-state index contributed by atoms with van der Waals surface area (Å²) >= 11 is 6.42. The average molecular weight is 374 g/mol. The highest BCUT2D eigenvalue weighted by molar-refractivity contribution is 6.32. The van der Waals surface area contributed by atoms with Crippen LogP contribution in [0.2, 0.25) is 5.15 Å². The molecule has 0 saturated carbocycles. The van der Waals surface area contributed by atoms with Crippen LogP contribution in [0, 0.1) is 0 Å². The van der Waals surface area contributed by atoms with E-state index in [0.29, 0.717) is 17.1 Å². The van der Waals surface area contributed by atoms with Gasteiger partial charge in [-0.3, -0.25) is 4.52 Å². The quantitative estimate of drug-likeness (QED) is 0.415. The number of aromatic nitrogens is 3. The van der Waals surface area contributed by atoms with Crippen molar-refractivity contribution in [1.29, 1.82) is 0 Å². The number of nitrogens with zero attached hydrogens (tertiary/aromatic N) is 3. The monoisotopic (exact) mass is 373 g/mol. The third-order valence-corrected chi connectivity index (χ3v) is 4.82. The number of rotatable bonds is 2. The molecule has 27 heavy (non-hydrogen) atoms. The summed E-state index contributed by atoms with van der Waals surface area (Å²) in [5.41, 5.74) is 1.99. The summed E-state index contributed by atoms with van der Waals surface area (Å²) in [6.45, 7) is 0. The lowest BCUT2D eigenvalue weighted by Gasteiger charge is -2.10. The van der Waals surface area contributed by atoms with Gasteiger partial charge in [-0.2, -0.15) is 0 Å². The van der Waals surface area contributed by atoms with Crippen LogP contribution in [-0.2, 0) is 0 Å². The molecule has 0 fully saturated rings. The summed E-state index contributed by atoms with van der Waals surface area (Å²) in [5.74, 6) is -0.259. The van der Waals surface area contributed by atoms with E-state index in [-0.39, 0.29) is 5.15 Å². The van der Waals surface area contributed by atoms with Gasteiger partial charge in [-0.25, -0.2) is 14.3 Å². The molecule has 0 aliphatic carbocycles. The Bertz CT molecular complexity index is 1370. The van der Waals surface area contributed by atoms with Gasteiger partial charge in [0.25, 0.3) is 0 Å². The first kappa shape index (κ1) is 15.8. The fourth-order valence-corrected chi connectivity index (χ4v) is 3.52.